The highest BCUT2D eigenvalue weighted by molar-refractivity contribution is 6.34. The first-order valence-corrected chi connectivity index (χ1v) is 6.84. The van der Waals surface area contributed by atoms with E-state index in [9.17, 15) is 4.79 Å². The number of ether oxygens (including phenoxy) is 1. The van der Waals surface area contributed by atoms with Crippen LogP contribution in [0.3, 0.4) is 0 Å². The fourth-order valence-electron chi connectivity index (χ4n) is 1.77. The standard InChI is InChI=1S/C14H21ClN2O2/c1-4-17(5-2)9-8-16-14(18)12-7-6-11(19-3)10-13(12)15/h6-7,10H,4-5,8-9H2,1-3H3,(H,16,18). The van der Waals surface area contributed by atoms with Gasteiger partial charge in [-0.25, -0.2) is 0 Å². The predicted molar refractivity (Wildman–Crippen MR) is 78.1 cm³/mol. The lowest BCUT2D eigenvalue weighted by Gasteiger charge is -2.18. The molecule has 0 aliphatic heterocycles. The highest BCUT2D eigenvalue weighted by Crippen LogP contribution is 2.22. The summed E-state index contributed by atoms with van der Waals surface area (Å²) in [5.74, 6) is 0.490. The molecule has 0 bridgehead atoms. The minimum atomic E-state index is -0.153. The maximum Gasteiger partial charge on any atom is 0.252 e. The van der Waals surface area contributed by atoms with Crippen molar-refractivity contribution in [3.63, 3.8) is 0 Å². The fraction of sp³-hybridized carbons (Fsp3) is 0.500. The van der Waals surface area contributed by atoms with Gasteiger partial charge in [0.25, 0.3) is 5.91 Å². The van der Waals surface area contributed by atoms with Crippen molar-refractivity contribution in [1.29, 1.82) is 0 Å². The maximum atomic E-state index is 12.0. The number of likely N-dealkylation sites (N-methyl/N-ethyl adjacent to an activating group) is 1. The molecule has 0 fully saturated rings. The van der Waals surface area contributed by atoms with Crippen molar-refractivity contribution in [2.45, 2.75) is 13.8 Å². The summed E-state index contributed by atoms with van der Waals surface area (Å²) in [5, 5.41) is 3.27. The molecular formula is C14H21ClN2O2. The van der Waals surface area contributed by atoms with E-state index in [1.807, 2.05) is 0 Å². The van der Waals surface area contributed by atoms with E-state index >= 15 is 0 Å². The second-order valence-corrected chi connectivity index (χ2v) is 4.54. The maximum absolute atomic E-state index is 12.0. The van der Waals surface area contributed by atoms with E-state index in [1.54, 1.807) is 25.3 Å². The van der Waals surface area contributed by atoms with Gasteiger partial charge in [-0.1, -0.05) is 25.4 Å². The zero-order valence-corrected chi connectivity index (χ0v) is 12.5. The molecule has 0 radical (unpaired) electrons. The van der Waals surface area contributed by atoms with E-state index in [0.717, 1.165) is 19.6 Å². The summed E-state index contributed by atoms with van der Waals surface area (Å²) in [6.45, 7) is 7.62. The number of hydrogen-bond donors (Lipinski definition) is 1. The lowest BCUT2D eigenvalue weighted by molar-refractivity contribution is 0.0949. The van der Waals surface area contributed by atoms with Crippen LogP contribution in [0.5, 0.6) is 5.75 Å². The smallest absolute Gasteiger partial charge is 0.252 e. The van der Waals surface area contributed by atoms with Gasteiger partial charge in [-0.05, 0) is 31.3 Å². The molecule has 1 aromatic carbocycles. The van der Waals surface area contributed by atoms with Gasteiger partial charge in [0.15, 0.2) is 0 Å². The van der Waals surface area contributed by atoms with E-state index in [-0.39, 0.29) is 5.91 Å². The van der Waals surface area contributed by atoms with Crippen molar-refractivity contribution in [3.05, 3.63) is 28.8 Å². The minimum Gasteiger partial charge on any atom is -0.497 e. The van der Waals surface area contributed by atoms with Crippen molar-refractivity contribution >= 4 is 17.5 Å². The highest BCUT2D eigenvalue weighted by Gasteiger charge is 2.11. The Morgan fingerprint density at radius 1 is 1.37 bits per heavy atom. The van der Waals surface area contributed by atoms with Crippen molar-refractivity contribution in [2.75, 3.05) is 33.3 Å². The predicted octanol–water partition coefficient (Wildman–Crippen LogP) is 2.42. The molecule has 5 heteroatoms. The van der Waals surface area contributed by atoms with E-state index in [4.69, 9.17) is 16.3 Å². The first kappa shape index (κ1) is 15.8. The molecule has 4 nitrogen and oxygen atoms in total. The lowest BCUT2D eigenvalue weighted by Crippen LogP contribution is -2.34. The summed E-state index contributed by atoms with van der Waals surface area (Å²) in [7, 11) is 1.56. The number of amides is 1. The Bertz CT molecular complexity index is 420. The van der Waals surface area contributed by atoms with Crippen LogP contribution in [0.25, 0.3) is 0 Å². The molecule has 0 aliphatic carbocycles. The number of nitrogens with zero attached hydrogens (tertiary/aromatic N) is 1. The molecule has 106 valence electrons. The van der Waals surface area contributed by atoms with Gasteiger partial charge in [0.05, 0.1) is 17.7 Å². The monoisotopic (exact) mass is 284 g/mol. The lowest BCUT2D eigenvalue weighted by atomic mass is 10.2. The number of carbonyl (C=O) groups is 1. The van der Waals surface area contributed by atoms with Gasteiger partial charge in [0.1, 0.15) is 5.75 Å². The molecule has 0 unspecified atom stereocenters. The van der Waals surface area contributed by atoms with Gasteiger partial charge in [0.2, 0.25) is 0 Å². The molecule has 1 aromatic rings. The molecule has 1 rings (SSSR count). The second kappa shape index (κ2) is 8.02. The van der Waals surface area contributed by atoms with Crippen LogP contribution in [0, 0.1) is 0 Å². The van der Waals surface area contributed by atoms with E-state index < -0.39 is 0 Å². The Morgan fingerprint density at radius 2 is 2.05 bits per heavy atom. The van der Waals surface area contributed by atoms with Crippen LogP contribution in [-0.4, -0.2) is 44.1 Å². The summed E-state index contributed by atoms with van der Waals surface area (Å²) in [6, 6.07) is 5.04. The number of halogens is 1. The average molecular weight is 285 g/mol. The third-order valence-corrected chi connectivity index (χ3v) is 3.34. The molecule has 19 heavy (non-hydrogen) atoms. The number of benzene rings is 1. The zero-order chi connectivity index (χ0) is 14.3. The van der Waals surface area contributed by atoms with Gasteiger partial charge in [0, 0.05) is 13.1 Å². The Balaban J connectivity index is 2.54. The Hall–Kier alpha value is -1.26. The third kappa shape index (κ3) is 4.73. The van der Waals surface area contributed by atoms with Gasteiger partial charge in [-0.3, -0.25) is 4.79 Å². The summed E-state index contributed by atoms with van der Waals surface area (Å²) in [6.07, 6.45) is 0. The van der Waals surface area contributed by atoms with E-state index in [1.165, 1.54) is 0 Å². The largest absolute Gasteiger partial charge is 0.497 e. The topological polar surface area (TPSA) is 41.6 Å². The summed E-state index contributed by atoms with van der Waals surface area (Å²) >= 11 is 6.05. The highest BCUT2D eigenvalue weighted by atomic mass is 35.5. The molecule has 0 spiro atoms. The summed E-state index contributed by atoms with van der Waals surface area (Å²) < 4.78 is 5.05. The van der Waals surface area contributed by atoms with Crippen LogP contribution in [0.4, 0.5) is 0 Å². The van der Waals surface area contributed by atoms with Gasteiger partial charge < -0.3 is 15.0 Å². The molecule has 0 saturated heterocycles. The fourth-order valence-corrected chi connectivity index (χ4v) is 2.03. The van der Waals surface area contributed by atoms with Gasteiger partial charge >= 0.3 is 0 Å². The van der Waals surface area contributed by atoms with Crippen LogP contribution in [0.2, 0.25) is 5.02 Å². The molecule has 0 aliphatic rings. The van der Waals surface area contributed by atoms with Crippen LogP contribution < -0.4 is 10.1 Å². The Morgan fingerprint density at radius 3 is 2.58 bits per heavy atom. The second-order valence-electron chi connectivity index (χ2n) is 4.13. The van der Waals surface area contributed by atoms with E-state index in [2.05, 4.69) is 24.1 Å². The van der Waals surface area contributed by atoms with Gasteiger partial charge in [-0.2, -0.15) is 0 Å². The first-order chi connectivity index (χ1) is 9.12. The quantitative estimate of drug-likeness (QED) is 0.836. The molecule has 1 amide bonds. The van der Waals surface area contributed by atoms with Crippen molar-refractivity contribution in [2.24, 2.45) is 0 Å². The molecular weight excluding hydrogens is 264 g/mol. The summed E-state index contributed by atoms with van der Waals surface area (Å²) in [5.41, 5.74) is 0.474. The molecule has 0 aromatic heterocycles. The zero-order valence-electron chi connectivity index (χ0n) is 11.7. The van der Waals surface area contributed by atoms with Crippen LogP contribution >= 0.6 is 11.6 Å². The SMILES string of the molecule is CCN(CC)CCNC(=O)c1ccc(OC)cc1Cl. The Kier molecular flexibility index (Phi) is 6.67. The minimum absolute atomic E-state index is 0.153. The number of methoxy groups -OCH3 is 1. The van der Waals surface area contributed by atoms with E-state index in [0.29, 0.717) is 22.9 Å². The van der Waals surface area contributed by atoms with Crippen LogP contribution in [-0.2, 0) is 0 Å². The van der Waals surface area contributed by atoms with Crippen molar-refractivity contribution < 1.29 is 9.53 Å². The van der Waals surface area contributed by atoms with Crippen LogP contribution in [0.1, 0.15) is 24.2 Å². The summed E-state index contributed by atoms with van der Waals surface area (Å²) in [4.78, 5) is 14.2. The molecule has 0 heterocycles. The average Bonchev–Trinajstić information content (AvgIpc) is 2.43. The molecule has 0 saturated carbocycles. The number of carbonyl (C=O) groups excluding carboxylic acids is 1. The number of rotatable bonds is 7. The van der Waals surface area contributed by atoms with Gasteiger partial charge in [-0.15, -0.1) is 0 Å². The van der Waals surface area contributed by atoms with Crippen molar-refractivity contribution in [1.82, 2.24) is 10.2 Å². The number of nitrogens with one attached hydrogen (secondary N) is 1. The normalized spacial score (nSPS) is 10.6. The van der Waals surface area contributed by atoms with Crippen LogP contribution in [0.15, 0.2) is 18.2 Å². The number of hydrogen-bond acceptors (Lipinski definition) is 3. The third-order valence-electron chi connectivity index (χ3n) is 3.03. The van der Waals surface area contributed by atoms with Crippen molar-refractivity contribution in [3.8, 4) is 5.75 Å². The molecule has 1 N–H and O–H groups in total. The molecule has 0 atom stereocenters. The Labute approximate surface area is 119 Å². The first-order valence-electron chi connectivity index (χ1n) is 6.46.